The summed E-state index contributed by atoms with van der Waals surface area (Å²) in [5, 5.41) is 1.07. The second kappa shape index (κ2) is 4.94. The third-order valence-corrected chi connectivity index (χ3v) is 2.99. The van der Waals surface area contributed by atoms with Gasteiger partial charge in [-0.05, 0) is 44.4 Å². The van der Waals surface area contributed by atoms with Gasteiger partial charge in [-0.3, -0.25) is 4.98 Å². The van der Waals surface area contributed by atoms with Crippen molar-refractivity contribution in [2.45, 2.75) is 33.2 Å². The highest BCUT2D eigenvalue weighted by Gasteiger charge is 2.11. The highest BCUT2D eigenvalue weighted by atomic mass is 16.5. The first kappa shape index (κ1) is 12.8. The maximum atomic E-state index is 5.92. The molecule has 3 nitrogen and oxygen atoms in total. The van der Waals surface area contributed by atoms with Crippen LogP contribution in [0.5, 0.6) is 5.75 Å². The van der Waals surface area contributed by atoms with Crippen LogP contribution in [0.2, 0.25) is 0 Å². The third-order valence-electron chi connectivity index (χ3n) is 2.99. The molecular weight excluding hydrogens is 224 g/mol. The van der Waals surface area contributed by atoms with Crippen molar-refractivity contribution in [3.05, 3.63) is 35.0 Å². The number of hydrogen-bond acceptors (Lipinski definition) is 3. The molecule has 0 aliphatic carbocycles. The van der Waals surface area contributed by atoms with Crippen LogP contribution in [0.1, 0.15) is 23.7 Å². The van der Waals surface area contributed by atoms with Gasteiger partial charge in [0.05, 0.1) is 12.6 Å². The molecule has 0 aliphatic rings. The number of nitrogens with two attached hydrogens (primary N) is 1. The summed E-state index contributed by atoms with van der Waals surface area (Å²) in [7, 11) is 1.70. The molecule has 1 atom stereocenters. The van der Waals surface area contributed by atoms with Crippen molar-refractivity contribution in [2.75, 3.05) is 7.11 Å². The maximum absolute atomic E-state index is 5.92. The monoisotopic (exact) mass is 244 g/mol. The van der Waals surface area contributed by atoms with E-state index in [0.29, 0.717) is 0 Å². The van der Waals surface area contributed by atoms with Crippen LogP contribution in [-0.4, -0.2) is 18.1 Å². The highest BCUT2D eigenvalue weighted by Crippen LogP contribution is 2.29. The summed E-state index contributed by atoms with van der Waals surface area (Å²) in [5.41, 5.74) is 10.3. The lowest BCUT2D eigenvalue weighted by Gasteiger charge is -2.13. The van der Waals surface area contributed by atoms with Crippen molar-refractivity contribution in [3.8, 4) is 5.75 Å². The number of aryl methyl sites for hydroxylation is 2. The maximum Gasteiger partial charge on any atom is 0.130 e. The van der Waals surface area contributed by atoms with Crippen LogP contribution in [0.3, 0.4) is 0 Å². The molecule has 0 amide bonds. The largest absolute Gasteiger partial charge is 0.496 e. The van der Waals surface area contributed by atoms with Gasteiger partial charge in [-0.25, -0.2) is 0 Å². The Kier molecular flexibility index (Phi) is 3.53. The van der Waals surface area contributed by atoms with Gasteiger partial charge in [0.25, 0.3) is 0 Å². The zero-order valence-electron chi connectivity index (χ0n) is 11.4. The van der Waals surface area contributed by atoms with Crippen LogP contribution < -0.4 is 10.5 Å². The average molecular weight is 244 g/mol. The normalized spacial score (nSPS) is 12.7. The van der Waals surface area contributed by atoms with Crippen LogP contribution in [0.4, 0.5) is 0 Å². The van der Waals surface area contributed by atoms with E-state index in [1.54, 1.807) is 7.11 Å². The number of aromatic nitrogens is 1. The van der Waals surface area contributed by atoms with Crippen molar-refractivity contribution >= 4 is 10.9 Å². The van der Waals surface area contributed by atoms with Crippen molar-refractivity contribution in [1.82, 2.24) is 4.98 Å². The van der Waals surface area contributed by atoms with E-state index in [4.69, 9.17) is 10.5 Å². The minimum absolute atomic E-state index is 0.128. The molecule has 0 saturated carbocycles. The first-order valence-corrected chi connectivity index (χ1v) is 6.21. The van der Waals surface area contributed by atoms with Crippen molar-refractivity contribution in [1.29, 1.82) is 0 Å². The fourth-order valence-electron chi connectivity index (χ4n) is 2.32. The Hall–Kier alpha value is -1.61. The van der Waals surface area contributed by atoms with Gasteiger partial charge >= 0.3 is 0 Å². The molecule has 0 spiro atoms. The van der Waals surface area contributed by atoms with Gasteiger partial charge in [0.1, 0.15) is 5.75 Å². The molecule has 1 heterocycles. The Labute approximate surface area is 108 Å². The Balaban J connectivity index is 2.74. The van der Waals surface area contributed by atoms with Gasteiger partial charge in [-0.2, -0.15) is 0 Å². The molecule has 2 N–H and O–H groups in total. The smallest absolute Gasteiger partial charge is 0.130 e. The van der Waals surface area contributed by atoms with Gasteiger partial charge in [-0.1, -0.05) is 6.07 Å². The molecule has 1 aromatic carbocycles. The summed E-state index contributed by atoms with van der Waals surface area (Å²) in [6, 6.07) is 6.38. The zero-order chi connectivity index (χ0) is 13.3. The van der Waals surface area contributed by atoms with Crippen molar-refractivity contribution < 1.29 is 4.74 Å². The number of methoxy groups -OCH3 is 1. The molecule has 0 fully saturated rings. The summed E-state index contributed by atoms with van der Waals surface area (Å²) in [5.74, 6) is 0.882. The van der Waals surface area contributed by atoms with Gasteiger partial charge in [-0.15, -0.1) is 0 Å². The summed E-state index contributed by atoms with van der Waals surface area (Å²) in [4.78, 5) is 4.64. The molecule has 0 saturated heterocycles. The third kappa shape index (κ3) is 2.46. The van der Waals surface area contributed by atoms with Gasteiger partial charge in [0.2, 0.25) is 0 Å². The van der Waals surface area contributed by atoms with Crippen LogP contribution in [0.15, 0.2) is 18.2 Å². The second-order valence-corrected chi connectivity index (χ2v) is 4.97. The first-order valence-electron chi connectivity index (χ1n) is 6.21. The van der Waals surface area contributed by atoms with Gasteiger partial charge in [0, 0.05) is 23.2 Å². The van der Waals surface area contributed by atoms with Crippen LogP contribution >= 0.6 is 0 Å². The minimum atomic E-state index is 0.128. The fourth-order valence-corrected chi connectivity index (χ4v) is 2.32. The number of fused-ring (bicyclic) bond motifs is 1. The Morgan fingerprint density at radius 2 is 2.00 bits per heavy atom. The number of ether oxygens (including phenoxy) is 1. The Bertz CT molecular complexity index is 576. The quantitative estimate of drug-likeness (QED) is 0.903. The van der Waals surface area contributed by atoms with E-state index in [1.165, 1.54) is 11.1 Å². The molecule has 2 aromatic rings. The molecule has 1 aromatic heterocycles. The molecule has 0 radical (unpaired) electrons. The van der Waals surface area contributed by atoms with Crippen LogP contribution in [0, 0.1) is 13.8 Å². The van der Waals surface area contributed by atoms with Gasteiger partial charge in [0.15, 0.2) is 0 Å². The summed E-state index contributed by atoms with van der Waals surface area (Å²) < 4.78 is 5.45. The Morgan fingerprint density at radius 1 is 1.28 bits per heavy atom. The lowest BCUT2D eigenvalue weighted by molar-refractivity contribution is 0.419. The molecule has 96 valence electrons. The number of hydrogen-bond donors (Lipinski definition) is 1. The van der Waals surface area contributed by atoms with E-state index in [9.17, 15) is 0 Å². The van der Waals surface area contributed by atoms with E-state index in [1.807, 2.05) is 19.9 Å². The minimum Gasteiger partial charge on any atom is -0.496 e. The molecule has 0 bridgehead atoms. The summed E-state index contributed by atoms with van der Waals surface area (Å²) >= 11 is 0. The zero-order valence-corrected chi connectivity index (χ0v) is 11.4. The highest BCUT2D eigenvalue weighted by molar-refractivity contribution is 5.88. The summed E-state index contributed by atoms with van der Waals surface area (Å²) in [6.07, 6.45) is 0.831. The van der Waals surface area contributed by atoms with E-state index >= 15 is 0 Å². The summed E-state index contributed by atoms with van der Waals surface area (Å²) in [6.45, 7) is 6.09. The molecule has 2 rings (SSSR count). The lowest BCUT2D eigenvalue weighted by atomic mass is 10.00. The van der Waals surface area contributed by atoms with E-state index in [2.05, 4.69) is 24.0 Å². The molecule has 3 heteroatoms. The molecule has 1 unspecified atom stereocenters. The number of nitrogens with zero attached hydrogens (tertiary/aromatic N) is 1. The Morgan fingerprint density at radius 3 is 2.61 bits per heavy atom. The van der Waals surface area contributed by atoms with Gasteiger partial charge < -0.3 is 10.5 Å². The SMILES string of the molecule is COc1cc(C)nc2c(CC(C)N)cc(C)cc12. The van der Waals surface area contributed by atoms with Crippen molar-refractivity contribution in [2.24, 2.45) is 5.73 Å². The fraction of sp³-hybridized carbons (Fsp3) is 0.400. The van der Waals surface area contributed by atoms with E-state index in [-0.39, 0.29) is 6.04 Å². The molecule has 0 aliphatic heterocycles. The van der Waals surface area contributed by atoms with E-state index < -0.39 is 0 Å². The predicted octanol–water partition coefficient (Wildman–Crippen LogP) is 2.75. The van der Waals surface area contributed by atoms with Crippen molar-refractivity contribution in [3.63, 3.8) is 0 Å². The lowest BCUT2D eigenvalue weighted by Crippen LogP contribution is -2.18. The molecular formula is C15H20N2O. The van der Waals surface area contributed by atoms with Crippen LogP contribution in [-0.2, 0) is 6.42 Å². The standard InChI is InChI=1S/C15H20N2O/c1-9-5-12(7-10(2)16)15-13(6-9)14(18-4)8-11(3)17-15/h5-6,8,10H,7,16H2,1-4H3. The van der Waals surface area contributed by atoms with Crippen LogP contribution in [0.25, 0.3) is 10.9 Å². The average Bonchev–Trinajstić information content (AvgIpc) is 2.28. The molecule has 18 heavy (non-hydrogen) atoms. The number of benzene rings is 1. The number of pyridine rings is 1. The number of rotatable bonds is 3. The predicted molar refractivity (Wildman–Crippen MR) is 75.1 cm³/mol. The van der Waals surface area contributed by atoms with E-state index in [0.717, 1.165) is 28.8 Å². The second-order valence-electron chi connectivity index (χ2n) is 4.97. The topological polar surface area (TPSA) is 48.1 Å². The first-order chi connectivity index (χ1) is 8.51.